The summed E-state index contributed by atoms with van der Waals surface area (Å²) in [7, 11) is 0. The monoisotopic (exact) mass is 338 g/mol. The summed E-state index contributed by atoms with van der Waals surface area (Å²) < 4.78 is 0. The smallest absolute Gasteiger partial charge is 0.226 e. The molecule has 0 aromatic heterocycles. The minimum absolute atomic E-state index is 0.0623. The highest BCUT2D eigenvalue weighted by molar-refractivity contribution is 5.95. The largest absolute Gasteiger partial charge is 0.326 e. The van der Waals surface area contributed by atoms with E-state index in [0.717, 1.165) is 28.1 Å². The molecule has 0 unspecified atom stereocenters. The minimum atomic E-state index is -0.0974. The summed E-state index contributed by atoms with van der Waals surface area (Å²) in [6, 6.07) is 11.7. The van der Waals surface area contributed by atoms with Crippen molar-refractivity contribution in [1.82, 2.24) is 0 Å². The van der Waals surface area contributed by atoms with Crippen molar-refractivity contribution in [2.75, 3.05) is 16.8 Å². The van der Waals surface area contributed by atoms with Crippen LogP contribution >= 0.6 is 0 Å². The van der Waals surface area contributed by atoms with Gasteiger partial charge in [0.05, 0.1) is 0 Å². The summed E-state index contributed by atoms with van der Waals surface area (Å²) in [5, 5.41) is 2.90. The maximum absolute atomic E-state index is 12.3. The summed E-state index contributed by atoms with van der Waals surface area (Å²) in [4.78, 5) is 26.0. The van der Waals surface area contributed by atoms with E-state index in [1.807, 2.05) is 64.1 Å². The van der Waals surface area contributed by atoms with Crippen LogP contribution in [0.15, 0.2) is 36.4 Å². The molecule has 1 N–H and O–H groups in total. The Balaban J connectivity index is 2.05. The van der Waals surface area contributed by atoms with E-state index in [2.05, 4.69) is 5.32 Å². The zero-order valence-electron chi connectivity index (χ0n) is 15.6. The van der Waals surface area contributed by atoms with Crippen LogP contribution in [0.25, 0.3) is 0 Å². The molecule has 0 fully saturated rings. The molecule has 4 heteroatoms. The van der Waals surface area contributed by atoms with Gasteiger partial charge < -0.3 is 10.2 Å². The zero-order valence-corrected chi connectivity index (χ0v) is 15.6. The Hall–Kier alpha value is -2.62. The molecule has 2 aromatic carbocycles. The molecule has 25 heavy (non-hydrogen) atoms. The summed E-state index contributed by atoms with van der Waals surface area (Å²) in [6.45, 7) is 9.96. The van der Waals surface area contributed by atoms with Gasteiger partial charge in [-0.1, -0.05) is 18.2 Å². The normalized spacial score (nSPS) is 10.4. The Morgan fingerprint density at radius 3 is 2.32 bits per heavy atom. The highest BCUT2D eigenvalue weighted by Gasteiger charge is 2.16. The molecule has 2 aromatic rings. The summed E-state index contributed by atoms with van der Waals surface area (Å²) in [5.74, 6) is -0.160. The first-order valence-electron chi connectivity index (χ1n) is 8.51. The molecule has 0 spiro atoms. The Kier molecular flexibility index (Phi) is 5.97. The maximum atomic E-state index is 12.3. The Labute approximate surface area is 149 Å². The molecule has 0 aliphatic rings. The third kappa shape index (κ3) is 4.69. The van der Waals surface area contributed by atoms with E-state index in [0.29, 0.717) is 6.54 Å². The van der Waals surface area contributed by atoms with Crippen molar-refractivity contribution in [2.45, 2.75) is 41.0 Å². The van der Waals surface area contributed by atoms with Gasteiger partial charge in [0.2, 0.25) is 11.8 Å². The molecule has 0 atom stereocenters. The van der Waals surface area contributed by atoms with Crippen LogP contribution in [0.2, 0.25) is 0 Å². The predicted octanol–water partition coefficient (Wildman–Crippen LogP) is 4.30. The van der Waals surface area contributed by atoms with Crippen molar-refractivity contribution in [3.05, 3.63) is 58.7 Å². The quantitative estimate of drug-likeness (QED) is 0.883. The fourth-order valence-electron chi connectivity index (χ4n) is 2.73. The molecule has 0 heterocycles. The van der Waals surface area contributed by atoms with Crippen LogP contribution in [0.4, 0.5) is 11.4 Å². The van der Waals surface area contributed by atoms with Gasteiger partial charge in [-0.25, -0.2) is 0 Å². The van der Waals surface area contributed by atoms with Crippen molar-refractivity contribution >= 4 is 23.2 Å². The van der Waals surface area contributed by atoms with Crippen LogP contribution in [-0.2, 0) is 9.59 Å². The molecular weight excluding hydrogens is 312 g/mol. The molecule has 0 aliphatic carbocycles. The number of aryl methyl sites for hydroxylation is 3. The summed E-state index contributed by atoms with van der Waals surface area (Å²) >= 11 is 0. The summed E-state index contributed by atoms with van der Waals surface area (Å²) in [5.41, 5.74) is 6.17. The number of amides is 2. The standard InChI is InChI=1S/C21H26N2O2/c1-14-9-10-19(13-16(14)3)22-21(25)11-12-23(18(5)24)20-8-6-7-15(2)17(20)4/h6-10,13H,11-12H2,1-5H3,(H,22,25). The summed E-state index contributed by atoms with van der Waals surface area (Å²) in [6.07, 6.45) is 0.250. The number of hydrogen-bond donors (Lipinski definition) is 1. The number of carbonyl (C=O) groups excluding carboxylic acids is 2. The lowest BCUT2D eigenvalue weighted by atomic mass is 10.1. The molecule has 0 saturated heterocycles. The number of benzene rings is 2. The SMILES string of the molecule is CC(=O)N(CCC(=O)Nc1ccc(C)c(C)c1)c1cccc(C)c1C. The third-order valence-corrected chi connectivity index (χ3v) is 4.60. The van der Waals surface area contributed by atoms with Crippen LogP contribution < -0.4 is 10.2 Å². The van der Waals surface area contributed by atoms with Crippen molar-refractivity contribution in [3.8, 4) is 0 Å². The van der Waals surface area contributed by atoms with E-state index in [-0.39, 0.29) is 18.2 Å². The van der Waals surface area contributed by atoms with E-state index in [4.69, 9.17) is 0 Å². The number of anilines is 2. The molecule has 0 saturated carbocycles. The van der Waals surface area contributed by atoms with Gasteiger partial charge >= 0.3 is 0 Å². The lowest BCUT2D eigenvalue weighted by Gasteiger charge is -2.23. The first-order valence-corrected chi connectivity index (χ1v) is 8.51. The van der Waals surface area contributed by atoms with E-state index in [1.165, 1.54) is 12.5 Å². The average molecular weight is 338 g/mol. The van der Waals surface area contributed by atoms with E-state index < -0.39 is 0 Å². The lowest BCUT2D eigenvalue weighted by Crippen LogP contribution is -2.32. The molecule has 2 rings (SSSR count). The first kappa shape index (κ1) is 18.7. The van der Waals surface area contributed by atoms with Crippen molar-refractivity contribution < 1.29 is 9.59 Å². The van der Waals surface area contributed by atoms with Crippen molar-refractivity contribution in [1.29, 1.82) is 0 Å². The van der Waals surface area contributed by atoms with Gasteiger partial charge in [-0.3, -0.25) is 9.59 Å². The Morgan fingerprint density at radius 2 is 1.68 bits per heavy atom. The van der Waals surface area contributed by atoms with Crippen LogP contribution in [0, 0.1) is 27.7 Å². The van der Waals surface area contributed by atoms with Gasteiger partial charge in [0, 0.05) is 31.3 Å². The minimum Gasteiger partial charge on any atom is -0.326 e. The van der Waals surface area contributed by atoms with Crippen LogP contribution in [0.3, 0.4) is 0 Å². The number of nitrogens with one attached hydrogen (secondary N) is 1. The predicted molar refractivity (Wildman–Crippen MR) is 103 cm³/mol. The second-order valence-electron chi connectivity index (χ2n) is 6.49. The van der Waals surface area contributed by atoms with E-state index >= 15 is 0 Å². The van der Waals surface area contributed by atoms with Gasteiger partial charge in [0.1, 0.15) is 0 Å². The van der Waals surface area contributed by atoms with Crippen LogP contribution in [0.1, 0.15) is 35.6 Å². The fraction of sp³-hybridized carbons (Fsp3) is 0.333. The van der Waals surface area contributed by atoms with Gasteiger partial charge in [-0.2, -0.15) is 0 Å². The maximum Gasteiger partial charge on any atom is 0.226 e. The molecular formula is C21H26N2O2. The molecule has 0 aliphatic heterocycles. The Bertz CT molecular complexity index is 796. The second kappa shape index (κ2) is 7.97. The topological polar surface area (TPSA) is 49.4 Å². The molecule has 4 nitrogen and oxygen atoms in total. The lowest BCUT2D eigenvalue weighted by molar-refractivity contribution is -0.117. The van der Waals surface area contributed by atoms with Gasteiger partial charge in [-0.15, -0.1) is 0 Å². The third-order valence-electron chi connectivity index (χ3n) is 4.60. The van der Waals surface area contributed by atoms with Gasteiger partial charge in [-0.05, 0) is 68.1 Å². The molecule has 2 amide bonds. The highest BCUT2D eigenvalue weighted by atomic mass is 16.2. The molecule has 0 radical (unpaired) electrons. The van der Waals surface area contributed by atoms with Gasteiger partial charge in [0.15, 0.2) is 0 Å². The van der Waals surface area contributed by atoms with E-state index in [1.54, 1.807) is 4.90 Å². The molecule has 132 valence electrons. The van der Waals surface area contributed by atoms with E-state index in [9.17, 15) is 9.59 Å². The van der Waals surface area contributed by atoms with Crippen LogP contribution in [-0.4, -0.2) is 18.4 Å². The Morgan fingerprint density at radius 1 is 0.960 bits per heavy atom. The number of hydrogen-bond acceptors (Lipinski definition) is 2. The number of nitrogens with zero attached hydrogens (tertiary/aromatic N) is 1. The van der Waals surface area contributed by atoms with Crippen molar-refractivity contribution in [3.63, 3.8) is 0 Å². The number of carbonyl (C=O) groups is 2. The zero-order chi connectivity index (χ0) is 18.6. The van der Waals surface area contributed by atoms with Gasteiger partial charge in [0.25, 0.3) is 0 Å². The molecule has 0 bridgehead atoms. The average Bonchev–Trinajstić information content (AvgIpc) is 2.54. The number of rotatable bonds is 5. The second-order valence-corrected chi connectivity index (χ2v) is 6.49. The fourth-order valence-corrected chi connectivity index (χ4v) is 2.73. The van der Waals surface area contributed by atoms with Crippen LogP contribution in [0.5, 0.6) is 0 Å². The van der Waals surface area contributed by atoms with Crippen molar-refractivity contribution in [2.24, 2.45) is 0 Å². The first-order chi connectivity index (χ1) is 11.8. The highest BCUT2D eigenvalue weighted by Crippen LogP contribution is 2.23.